The molecular formula is C29H29BrN4O8S2. The highest BCUT2D eigenvalue weighted by Crippen LogP contribution is 2.44. The van der Waals surface area contributed by atoms with E-state index in [0.29, 0.717) is 21.3 Å². The third-order valence-electron chi connectivity index (χ3n) is 7.16. The Labute approximate surface area is 269 Å². The molecule has 0 unspecified atom stereocenters. The number of carboxylic acids is 1. The van der Waals surface area contributed by atoms with Crippen LogP contribution in [0.15, 0.2) is 50.5 Å². The van der Waals surface area contributed by atoms with E-state index in [0.717, 1.165) is 9.13 Å². The lowest BCUT2D eigenvalue weighted by Gasteiger charge is -2.24. The third-order valence-corrected chi connectivity index (χ3v) is 8.85. The molecule has 4 aromatic rings. The number of nitrogens with zero attached hydrogens (tertiary/aromatic N) is 4. The fraction of sp³-hybridized carbons (Fsp3) is 0.276. The lowest BCUT2D eigenvalue weighted by molar-refractivity contribution is 0.0696. The van der Waals surface area contributed by atoms with Crippen molar-refractivity contribution in [2.24, 2.45) is 28.2 Å². The van der Waals surface area contributed by atoms with Crippen LogP contribution in [0.2, 0.25) is 0 Å². The number of benzene rings is 2. The molecule has 44 heavy (non-hydrogen) atoms. The van der Waals surface area contributed by atoms with Gasteiger partial charge in [-0.2, -0.15) is 0 Å². The van der Waals surface area contributed by atoms with Crippen molar-refractivity contribution in [2.45, 2.75) is 19.4 Å². The Kier molecular flexibility index (Phi) is 9.51. The van der Waals surface area contributed by atoms with E-state index in [1.54, 1.807) is 31.2 Å². The van der Waals surface area contributed by atoms with Crippen molar-refractivity contribution < 1.29 is 29.6 Å². The number of hydrogen-bond donors (Lipinski definition) is 3. The van der Waals surface area contributed by atoms with Gasteiger partial charge in [-0.05, 0) is 82.7 Å². The van der Waals surface area contributed by atoms with Gasteiger partial charge in [0.15, 0.2) is 21.0 Å². The quantitative estimate of drug-likeness (QED) is 0.216. The maximum atomic E-state index is 13.7. The van der Waals surface area contributed by atoms with Gasteiger partial charge in [-0.3, -0.25) is 27.9 Å². The van der Waals surface area contributed by atoms with E-state index in [9.17, 15) is 24.6 Å². The number of aromatic carboxylic acids is 1. The molecule has 0 fully saturated rings. The standard InChI is InChI=1S/C29H29BrN4O8S2/c1-6-41-18-12-16(11-17(30)22(18)42-13-14-7-9-15(10-8-14)27(39)40)19(20-23(35)31(2)28(43)32(3)24(20)36)21-25(37)33(4)29(44)34(5)26(21)38/h7-12,19,35,37H,6,13H2,1-5H3,(H,39,40). The van der Waals surface area contributed by atoms with Gasteiger partial charge in [0.25, 0.3) is 11.1 Å². The average molecular weight is 706 g/mol. The highest BCUT2D eigenvalue weighted by Gasteiger charge is 2.33. The average Bonchev–Trinajstić information content (AvgIpc) is 3.00. The molecule has 0 saturated carbocycles. The van der Waals surface area contributed by atoms with Gasteiger partial charge in [0.05, 0.1) is 33.7 Å². The normalized spacial score (nSPS) is 11.2. The molecule has 2 heterocycles. The summed E-state index contributed by atoms with van der Waals surface area (Å²) in [5.41, 5.74) is -0.653. The van der Waals surface area contributed by atoms with Crippen LogP contribution in [-0.4, -0.2) is 46.2 Å². The van der Waals surface area contributed by atoms with Crippen molar-refractivity contribution in [2.75, 3.05) is 6.61 Å². The summed E-state index contributed by atoms with van der Waals surface area (Å²) in [5, 5.41) is 31.7. The van der Waals surface area contributed by atoms with Crippen LogP contribution in [-0.2, 0) is 34.8 Å². The van der Waals surface area contributed by atoms with Crippen LogP contribution in [0.3, 0.4) is 0 Å². The van der Waals surface area contributed by atoms with E-state index >= 15 is 0 Å². The zero-order chi connectivity index (χ0) is 32.6. The topological polar surface area (TPSA) is 150 Å². The van der Waals surface area contributed by atoms with Crippen molar-refractivity contribution in [1.29, 1.82) is 0 Å². The van der Waals surface area contributed by atoms with Crippen LogP contribution in [0.5, 0.6) is 23.3 Å². The van der Waals surface area contributed by atoms with Gasteiger partial charge in [0, 0.05) is 28.2 Å². The molecule has 0 amide bonds. The summed E-state index contributed by atoms with van der Waals surface area (Å²) in [6.07, 6.45) is 0. The van der Waals surface area contributed by atoms with E-state index in [4.69, 9.17) is 39.0 Å². The minimum Gasteiger partial charge on any atom is -0.494 e. The summed E-state index contributed by atoms with van der Waals surface area (Å²) in [4.78, 5) is 38.6. The number of rotatable bonds is 9. The molecule has 0 bridgehead atoms. The predicted molar refractivity (Wildman–Crippen MR) is 170 cm³/mol. The minimum atomic E-state index is -1.32. The number of ether oxygens (including phenoxy) is 2. The van der Waals surface area contributed by atoms with Crippen LogP contribution in [0.25, 0.3) is 0 Å². The highest BCUT2D eigenvalue weighted by molar-refractivity contribution is 9.10. The van der Waals surface area contributed by atoms with Gasteiger partial charge < -0.3 is 24.8 Å². The fourth-order valence-corrected chi connectivity index (χ4v) is 5.67. The molecule has 4 rings (SSSR count). The number of aromatic hydroxyl groups is 2. The highest BCUT2D eigenvalue weighted by atomic mass is 79.9. The Hall–Kier alpha value is -4.21. The summed E-state index contributed by atoms with van der Waals surface area (Å²) in [5.74, 6) is -2.81. The van der Waals surface area contributed by atoms with Gasteiger partial charge in [-0.15, -0.1) is 0 Å². The molecule has 2 aromatic carbocycles. The van der Waals surface area contributed by atoms with Crippen molar-refractivity contribution in [3.63, 3.8) is 0 Å². The zero-order valence-corrected chi connectivity index (χ0v) is 27.5. The summed E-state index contributed by atoms with van der Waals surface area (Å²) in [7, 11) is 5.83. The van der Waals surface area contributed by atoms with E-state index in [-0.39, 0.29) is 45.2 Å². The van der Waals surface area contributed by atoms with Gasteiger partial charge in [-0.25, -0.2) is 4.79 Å². The first-order valence-electron chi connectivity index (χ1n) is 13.1. The minimum absolute atomic E-state index is 0.0370. The largest absolute Gasteiger partial charge is 0.494 e. The maximum Gasteiger partial charge on any atom is 0.335 e. The van der Waals surface area contributed by atoms with Crippen molar-refractivity contribution >= 4 is 46.3 Å². The molecule has 3 N–H and O–H groups in total. The molecule has 0 saturated heterocycles. The number of carboxylic acid groups (broad SMARTS) is 1. The monoisotopic (exact) mass is 704 g/mol. The summed E-state index contributed by atoms with van der Waals surface area (Å²) >= 11 is 14.1. The molecule has 232 valence electrons. The Bertz CT molecular complexity index is 1940. The first-order chi connectivity index (χ1) is 20.7. The maximum absolute atomic E-state index is 13.7. The number of aromatic nitrogens is 4. The van der Waals surface area contributed by atoms with E-state index < -0.39 is 34.8 Å². The second kappa shape index (κ2) is 12.8. The van der Waals surface area contributed by atoms with Crippen molar-refractivity contribution in [3.8, 4) is 23.3 Å². The number of halogens is 1. The number of carbonyl (C=O) groups is 1. The van der Waals surface area contributed by atoms with Crippen LogP contribution < -0.4 is 20.6 Å². The van der Waals surface area contributed by atoms with Gasteiger partial charge in [0.2, 0.25) is 11.8 Å². The third kappa shape index (κ3) is 5.81. The lowest BCUT2D eigenvalue weighted by Crippen LogP contribution is -2.33. The number of hydrogen-bond acceptors (Lipinski definition) is 9. The summed E-state index contributed by atoms with van der Waals surface area (Å²) < 4.78 is 17.2. The Morgan fingerprint density at radius 3 is 1.82 bits per heavy atom. The molecule has 0 aliphatic heterocycles. The zero-order valence-electron chi connectivity index (χ0n) is 24.3. The molecule has 0 aliphatic rings. The smallest absolute Gasteiger partial charge is 0.335 e. The van der Waals surface area contributed by atoms with Crippen molar-refractivity contribution in [1.82, 2.24) is 18.3 Å². The van der Waals surface area contributed by atoms with Crippen LogP contribution in [0.1, 0.15) is 45.5 Å². The summed E-state index contributed by atoms with van der Waals surface area (Å²) in [6.45, 7) is 2.06. The second-order valence-corrected chi connectivity index (χ2v) is 11.5. The molecule has 12 nitrogen and oxygen atoms in total. The summed E-state index contributed by atoms with van der Waals surface area (Å²) in [6, 6.07) is 9.35. The Morgan fingerprint density at radius 1 is 0.864 bits per heavy atom. The predicted octanol–water partition coefficient (Wildman–Crippen LogP) is 4.25. The van der Waals surface area contributed by atoms with Gasteiger partial charge >= 0.3 is 5.97 Å². The first-order valence-corrected chi connectivity index (χ1v) is 14.7. The first kappa shape index (κ1) is 32.7. The second-order valence-electron chi connectivity index (χ2n) is 9.87. The molecule has 2 aromatic heterocycles. The molecular weight excluding hydrogens is 676 g/mol. The molecule has 0 spiro atoms. The fourth-order valence-electron chi connectivity index (χ4n) is 4.76. The van der Waals surface area contributed by atoms with Crippen LogP contribution in [0.4, 0.5) is 0 Å². The van der Waals surface area contributed by atoms with Crippen LogP contribution >= 0.6 is 40.4 Å². The molecule has 15 heteroatoms. The van der Waals surface area contributed by atoms with Gasteiger partial charge in [0.1, 0.15) is 6.61 Å². The Balaban J connectivity index is 1.99. The van der Waals surface area contributed by atoms with Crippen molar-refractivity contribution in [3.05, 3.63) is 98.9 Å². The molecule has 0 aliphatic carbocycles. The van der Waals surface area contributed by atoms with E-state index in [1.165, 1.54) is 49.5 Å². The van der Waals surface area contributed by atoms with Crippen LogP contribution in [0, 0.1) is 9.54 Å². The lowest BCUT2D eigenvalue weighted by atomic mass is 9.86. The Morgan fingerprint density at radius 2 is 1.36 bits per heavy atom. The van der Waals surface area contributed by atoms with E-state index in [1.807, 2.05) is 0 Å². The van der Waals surface area contributed by atoms with E-state index in [2.05, 4.69) is 15.9 Å². The van der Waals surface area contributed by atoms with Gasteiger partial charge in [-0.1, -0.05) is 12.1 Å². The SMILES string of the molecule is CCOc1cc(C(c2c(O)n(C)c(=S)n(C)c2=O)c2c(O)n(C)c(=S)n(C)c2=O)cc(Br)c1OCc1ccc(C(=O)O)cc1. The molecule has 0 atom stereocenters. The molecule has 0 radical (unpaired) electrons.